The van der Waals surface area contributed by atoms with E-state index in [4.69, 9.17) is 9.15 Å². The summed E-state index contributed by atoms with van der Waals surface area (Å²) < 4.78 is 15.1. The molecule has 1 aromatic heterocycles. The molecule has 1 atom stereocenters. The second-order valence-corrected chi connectivity index (χ2v) is 6.10. The van der Waals surface area contributed by atoms with Gasteiger partial charge in [-0.2, -0.15) is 0 Å². The van der Waals surface area contributed by atoms with E-state index in [2.05, 4.69) is 9.72 Å². The van der Waals surface area contributed by atoms with Crippen molar-refractivity contribution in [3.8, 4) is 0 Å². The monoisotopic (exact) mass is 374 g/mol. The number of methoxy groups -OCH3 is 2. The van der Waals surface area contributed by atoms with Crippen LogP contribution >= 0.6 is 0 Å². The standard InChI is InChI=1S/C20H26N2O5/c1-4-16(15-9-6-5-7-10-15)19(23)22(11-8-12-25-2)13-18-21-17(14-27-18)20(24)26-3/h5-7,9-10,14,16H,4,8,11-13H2,1-3H3. The fourth-order valence-electron chi connectivity index (χ4n) is 2.87. The van der Waals surface area contributed by atoms with Crippen LogP contribution in [0.25, 0.3) is 0 Å². The minimum absolute atomic E-state index is 0.00220. The maximum Gasteiger partial charge on any atom is 0.360 e. The zero-order valence-electron chi connectivity index (χ0n) is 16.0. The van der Waals surface area contributed by atoms with Crippen LogP contribution in [0.5, 0.6) is 0 Å². The van der Waals surface area contributed by atoms with E-state index in [1.807, 2.05) is 37.3 Å². The van der Waals surface area contributed by atoms with Crippen LogP contribution in [0.2, 0.25) is 0 Å². The Labute approximate surface area is 159 Å². The molecule has 0 aliphatic carbocycles. The molecule has 1 heterocycles. The zero-order chi connectivity index (χ0) is 19.6. The van der Waals surface area contributed by atoms with Gasteiger partial charge in [-0.05, 0) is 18.4 Å². The highest BCUT2D eigenvalue weighted by Gasteiger charge is 2.26. The molecule has 27 heavy (non-hydrogen) atoms. The molecular weight excluding hydrogens is 348 g/mol. The Morgan fingerprint density at radius 3 is 2.59 bits per heavy atom. The first-order chi connectivity index (χ1) is 13.1. The van der Waals surface area contributed by atoms with Crippen molar-refractivity contribution in [2.75, 3.05) is 27.4 Å². The summed E-state index contributed by atoms with van der Waals surface area (Å²) in [7, 11) is 2.91. The van der Waals surface area contributed by atoms with Crippen molar-refractivity contribution in [2.24, 2.45) is 0 Å². The first-order valence-corrected chi connectivity index (χ1v) is 8.96. The number of hydrogen-bond donors (Lipinski definition) is 0. The summed E-state index contributed by atoms with van der Waals surface area (Å²) in [5, 5.41) is 0. The van der Waals surface area contributed by atoms with Crippen molar-refractivity contribution in [3.05, 3.63) is 53.7 Å². The number of nitrogens with zero attached hydrogens (tertiary/aromatic N) is 2. The first-order valence-electron chi connectivity index (χ1n) is 8.96. The summed E-state index contributed by atoms with van der Waals surface area (Å²) in [6.07, 6.45) is 2.62. The van der Waals surface area contributed by atoms with Gasteiger partial charge >= 0.3 is 5.97 Å². The molecule has 7 nitrogen and oxygen atoms in total. The lowest BCUT2D eigenvalue weighted by Gasteiger charge is -2.26. The van der Waals surface area contributed by atoms with Crippen LogP contribution in [0, 0.1) is 0 Å². The quantitative estimate of drug-likeness (QED) is 0.470. The maximum atomic E-state index is 13.2. The molecule has 1 unspecified atom stereocenters. The fraction of sp³-hybridized carbons (Fsp3) is 0.450. The van der Waals surface area contributed by atoms with Crippen LogP contribution < -0.4 is 0 Å². The highest BCUT2D eigenvalue weighted by atomic mass is 16.5. The van der Waals surface area contributed by atoms with Crippen molar-refractivity contribution in [3.63, 3.8) is 0 Å². The van der Waals surface area contributed by atoms with E-state index in [1.165, 1.54) is 13.4 Å². The highest BCUT2D eigenvalue weighted by Crippen LogP contribution is 2.23. The molecule has 2 aromatic rings. The van der Waals surface area contributed by atoms with Gasteiger partial charge in [0.15, 0.2) is 5.69 Å². The zero-order valence-corrected chi connectivity index (χ0v) is 16.0. The first kappa shape index (κ1) is 20.6. The van der Waals surface area contributed by atoms with Crippen LogP contribution in [0.4, 0.5) is 0 Å². The number of carbonyl (C=O) groups is 2. The van der Waals surface area contributed by atoms with Crippen LogP contribution in [0.15, 0.2) is 41.0 Å². The largest absolute Gasteiger partial charge is 0.464 e. The number of rotatable bonds is 10. The number of esters is 1. The second-order valence-electron chi connectivity index (χ2n) is 6.10. The fourth-order valence-corrected chi connectivity index (χ4v) is 2.87. The average molecular weight is 374 g/mol. The summed E-state index contributed by atoms with van der Waals surface area (Å²) in [4.78, 5) is 30.6. The Balaban J connectivity index is 2.18. The predicted molar refractivity (Wildman–Crippen MR) is 99.2 cm³/mol. The topological polar surface area (TPSA) is 81.9 Å². The maximum absolute atomic E-state index is 13.2. The van der Waals surface area contributed by atoms with Crippen molar-refractivity contribution in [1.29, 1.82) is 0 Å². The second kappa shape index (κ2) is 10.5. The molecule has 0 radical (unpaired) electrons. The number of amides is 1. The average Bonchev–Trinajstić information content (AvgIpc) is 3.16. The van der Waals surface area contributed by atoms with Crippen molar-refractivity contribution < 1.29 is 23.5 Å². The van der Waals surface area contributed by atoms with Crippen molar-refractivity contribution >= 4 is 11.9 Å². The molecule has 0 fully saturated rings. The van der Waals surface area contributed by atoms with Gasteiger partial charge in [0.1, 0.15) is 6.26 Å². The minimum Gasteiger partial charge on any atom is -0.464 e. The SMILES string of the molecule is CCC(C(=O)N(CCCOC)Cc1nc(C(=O)OC)co1)c1ccccc1. The molecule has 0 spiro atoms. The van der Waals surface area contributed by atoms with E-state index < -0.39 is 5.97 Å². The Bertz CT molecular complexity index is 729. The van der Waals surface area contributed by atoms with Crippen LogP contribution in [-0.4, -0.2) is 49.1 Å². The minimum atomic E-state index is -0.571. The van der Waals surface area contributed by atoms with Crippen LogP contribution in [-0.2, 0) is 20.8 Å². The number of hydrogen-bond acceptors (Lipinski definition) is 6. The van der Waals surface area contributed by atoms with Gasteiger partial charge in [0.25, 0.3) is 0 Å². The number of ether oxygens (including phenoxy) is 2. The number of carbonyl (C=O) groups excluding carboxylic acids is 2. The lowest BCUT2D eigenvalue weighted by atomic mass is 9.95. The van der Waals surface area contributed by atoms with Gasteiger partial charge in [-0.15, -0.1) is 0 Å². The van der Waals surface area contributed by atoms with Gasteiger partial charge in [-0.3, -0.25) is 4.79 Å². The normalized spacial score (nSPS) is 11.8. The smallest absolute Gasteiger partial charge is 0.360 e. The third-order valence-electron chi connectivity index (χ3n) is 4.27. The van der Waals surface area contributed by atoms with Crippen LogP contribution in [0.3, 0.4) is 0 Å². The Hall–Kier alpha value is -2.67. The molecule has 0 saturated heterocycles. The molecule has 0 N–H and O–H groups in total. The van der Waals surface area contributed by atoms with Gasteiger partial charge in [0, 0.05) is 20.3 Å². The summed E-state index contributed by atoms with van der Waals surface area (Å²) >= 11 is 0. The number of aromatic nitrogens is 1. The Morgan fingerprint density at radius 1 is 1.22 bits per heavy atom. The summed E-state index contributed by atoms with van der Waals surface area (Å²) in [6.45, 7) is 3.23. The van der Waals surface area contributed by atoms with Gasteiger partial charge in [0.2, 0.25) is 11.8 Å². The van der Waals surface area contributed by atoms with E-state index in [0.29, 0.717) is 31.9 Å². The van der Waals surface area contributed by atoms with E-state index >= 15 is 0 Å². The van der Waals surface area contributed by atoms with Gasteiger partial charge < -0.3 is 18.8 Å². The van der Waals surface area contributed by atoms with Crippen LogP contribution in [0.1, 0.15) is 47.6 Å². The highest BCUT2D eigenvalue weighted by molar-refractivity contribution is 5.86. The molecule has 0 bridgehead atoms. The lowest BCUT2D eigenvalue weighted by Crippen LogP contribution is -2.36. The van der Waals surface area contributed by atoms with Gasteiger partial charge in [-0.25, -0.2) is 9.78 Å². The molecule has 7 heteroatoms. The molecule has 1 aromatic carbocycles. The van der Waals surface area contributed by atoms with E-state index in [0.717, 1.165) is 5.56 Å². The van der Waals surface area contributed by atoms with E-state index in [9.17, 15) is 9.59 Å². The van der Waals surface area contributed by atoms with Gasteiger partial charge in [-0.1, -0.05) is 37.3 Å². The van der Waals surface area contributed by atoms with Crippen molar-refractivity contribution in [2.45, 2.75) is 32.2 Å². The molecule has 0 aliphatic rings. The molecule has 146 valence electrons. The molecular formula is C20H26N2O5. The third-order valence-corrected chi connectivity index (χ3v) is 4.27. The molecule has 1 amide bonds. The Kier molecular flexibility index (Phi) is 8.00. The summed E-state index contributed by atoms with van der Waals surface area (Å²) in [6, 6.07) is 9.70. The molecule has 2 rings (SSSR count). The predicted octanol–water partition coefficient (Wildman–Crippen LogP) is 3.02. The third kappa shape index (κ3) is 5.65. The van der Waals surface area contributed by atoms with E-state index in [1.54, 1.807) is 12.0 Å². The summed E-state index contributed by atoms with van der Waals surface area (Å²) in [5.41, 5.74) is 1.07. The van der Waals surface area contributed by atoms with E-state index in [-0.39, 0.29) is 24.1 Å². The lowest BCUT2D eigenvalue weighted by molar-refractivity contribution is -0.134. The summed E-state index contributed by atoms with van der Waals surface area (Å²) in [5.74, 6) is -0.525. The number of benzene rings is 1. The molecule has 0 aliphatic heterocycles. The molecule has 0 saturated carbocycles. The van der Waals surface area contributed by atoms with Crippen molar-refractivity contribution in [1.82, 2.24) is 9.88 Å². The number of oxazole rings is 1. The van der Waals surface area contributed by atoms with Gasteiger partial charge in [0.05, 0.1) is 19.6 Å². The Morgan fingerprint density at radius 2 is 1.96 bits per heavy atom.